The van der Waals surface area contributed by atoms with E-state index < -0.39 is 6.04 Å². The molecular weight excluding hydrogens is 446 g/mol. The molecule has 0 radical (unpaired) electrons. The molecule has 34 heavy (non-hydrogen) atoms. The fourth-order valence-electron chi connectivity index (χ4n) is 5.34. The van der Waals surface area contributed by atoms with Crippen molar-refractivity contribution in [2.45, 2.75) is 76.7 Å². The number of carbonyl (C=O) groups excluding carboxylic acids is 2. The highest BCUT2D eigenvalue weighted by molar-refractivity contribution is 7.07. The molecule has 7 nitrogen and oxygen atoms in total. The van der Waals surface area contributed by atoms with Crippen molar-refractivity contribution in [2.75, 3.05) is 13.1 Å². The van der Waals surface area contributed by atoms with Crippen molar-refractivity contribution in [1.29, 1.82) is 0 Å². The molecule has 2 fully saturated rings. The third-order valence-electron chi connectivity index (χ3n) is 7.02. The molecule has 0 spiro atoms. The van der Waals surface area contributed by atoms with Crippen LogP contribution >= 0.6 is 11.3 Å². The van der Waals surface area contributed by atoms with E-state index >= 15 is 0 Å². The first-order valence-electron chi connectivity index (χ1n) is 12.4. The molecule has 0 saturated carbocycles. The van der Waals surface area contributed by atoms with Gasteiger partial charge in [0.05, 0.1) is 23.8 Å². The third-order valence-corrected chi connectivity index (χ3v) is 7.66. The number of aromatic nitrogens is 1. The van der Waals surface area contributed by atoms with Gasteiger partial charge in [-0.3, -0.25) is 14.5 Å². The van der Waals surface area contributed by atoms with E-state index in [2.05, 4.69) is 53.3 Å². The summed E-state index contributed by atoms with van der Waals surface area (Å²) < 4.78 is 0. The minimum absolute atomic E-state index is 0.00448. The highest BCUT2D eigenvalue weighted by atomic mass is 32.1. The van der Waals surface area contributed by atoms with Crippen LogP contribution in [0.25, 0.3) is 0 Å². The monoisotopic (exact) mass is 483 g/mol. The van der Waals surface area contributed by atoms with Crippen LogP contribution in [0, 0.1) is 5.92 Å². The number of nitrogens with two attached hydrogens (primary N) is 1. The van der Waals surface area contributed by atoms with Crippen LogP contribution in [0.5, 0.6) is 0 Å². The van der Waals surface area contributed by atoms with Crippen LogP contribution in [0.2, 0.25) is 0 Å². The second kappa shape index (κ2) is 11.4. The van der Waals surface area contributed by atoms with Gasteiger partial charge in [0.15, 0.2) is 0 Å². The van der Waals surface area contributed by atoms with Crippen molar-refractivity contribution >= 4 is 23.2 Å². The van der Waals surface area contributed by atoms with Gasteiger partial charge in [-0.15, -0.1) is 11.3 Å². The van der Waals surface area contributed by atoms with E-state index in [0.29, 0.717) is 31.8 Å². The predicted octanol–water partition coefficient (Wildman–Crippen LogP) is 2.81. The lowest BCUT2D eigenvalue weighted by atomic mass is 9.99. The highest BCUT2D eigenvalue weighted by Crippen LogP contribution is 2.30. The minimum atomic E-state index is -0.474. The maximum atomic E-state index is 13.8. The van der Waals surface area contributed by atoms with Crippen LogP contribution < -0.4 is 11.1 Å². The molecule has 8 heteroatoms. The Morgan fingerprint density at radius 1 is 1.29 bits per heavy atom. The number of hydrogen-bond acceptors (Lipinski definition) is 6. The first kappa shape index (κ1) is 24.8. The number of nitrogens with zero attached hydrogens (tertiary/aromatic N) is 3. The van der Waals surface area contributed by atoms with Crippen molar-refractivity contribution in [2.24, 2.45) is 11.7 Å². The lowest BCUT2D eigenvalue weighted by molar-refractivity contribution is -0.143. The molecule has 0 aliphatic carbocycles. The number of carbonyl (C=O) groups is 2. The lowest BCUT2D eigenvalue weighted by Gasteiger charge is -2.33. The Morgan fingerprint density at radius 3 is 2.79 bits per heavy atom. The average Bonchev–Trinajstić information content (AvgIpc) is 3.46. The van der Waals surface area contributed by atoms with E-state index in [-0.39, 0.29) is 29.9 Å². The van der Waals surface area contributed by atoms with Gasteiger partial charge in [0.25, 0.3) is 0 Å². The average molecular weight is 484 g/mol. The molecule has 2 aromatic rings. The normalized spacial score (nSPS) is 24.2. The topological polar surface area (TPSA) is 91.6 Å². The van der Waals surface area contributed by atoms with Crippen molar-refractivity contribution in [3.05, 3.63) is 52.5 Å². The molecule has 4 atom stereocenters. The van der Waals surface area contributed by atoms with Gasteiger partial charge in [-0.05, 0) is 43.6 Å². The maximum absolute atomic E-state index is 13.8. The number of amides is 2. The Labute approximate surface area is 206 Å². The fraction of sp³-hybridized carbons (Fsp3) is 0.577. The molecular formula is C26H37N5O2S. The van der Waals surface area contributed by atoms with E-state index in [1.165, 1.54) is 16.9 Å². The lowest BCUT2D eigenvalue weighted by Crippen LogP contribution is -2.53. The number of fused-ring (bicyclic) bond motifs is 1. The number of nitrogens with one attached hydrogen (secondary N) is 1. The van der Waals surface area contributed by atoms with Gasteiger partial charge in [0, 0.05) is 30.6 Å². The zero-order valence-electron chi connectivity index (χ0n) is 20.2. The Bertz CT molecular complexity index is 936. The van der Waals surface area contributed by atoms with Gasteiger partial charge < -0.3 is 16.0 Å². The number of aryl methyl sites for hydroxylation is 1. The van der Waals surface area contributed by atoms with E-state index in [9.17, 15) is 9.59 Å². The van der Waals surface area contributed by atoms with Crippen molar-refractivity contribution in [1.82, 2.24) is 20.1 Å². The molecule has 2 aliphatic heterocycles. The SMILES string of the molecule is CC(C)C[C@H](C(=O)NCc1cscn1)N1CCC(CCc2ccccc2)N2C[C@H](N)C[C@H]2C1=O. The van der Waals surface area contributed by atoms with Gasteiger partial charge in [-0.25, -0.2) is 4.98 Å². The second-order valence-electron chi connectivity index (χ2n) is 10.0. The molecule has 2 amide bonds. The smallest absolute Gasteiger partial charge is 0.243 e. The Morgan fingerprint density at radius 2 is 2.09 bits per heavy atom. The summed E-state index contributed by atoms with van der Waals surface area (Å²) in [5, 5.41) is 4.96. The predicted molar refractivity (Wildman–Crippen MR) is 135 cm³/mol. The molecule has 0 bridgehead atoms. The summed E-state index contributed by atoms with van der Waals surface area (Å²) in [7, 11) is 0. The largest absolute Gasteiger partial charge is 0.349 e. The summed E-state index contributed by atoms with van der Waals surface area (Å²) >= 11 is 1.51. The van der Waals surface area contributed by atoms with Gasteiger partial charge in [0.2, 0.25) is 11.8 Å². The van der Waals surface area contributed by atoms with Crippen LogP contribution in [-0.2, 0) is 22.6 Å². The molecule has 1 aromatic carbocycles. The van der Waals surface area contributed by atoms with Crippen LogP contribution in [0.1, 0.15) is 50.8 Å². The van der Waals surface area contributed by atoms with Crippen LogP contribution in [0.3, 0.4) is 0 Å². The molecule has 3 heterocycles. The summed E-state index contributed by atoms with van der Waals surface area (Å²) in [6.07, 6.45) is 4.12. The zero-order valence-corrected chi connectivity index (χ0v) is 21.0. The molecule has 184 valence electrons. The van der Waals surface area contributed by atoms with Crippen LogP contribution in [0.4, 0.5) is 0 Å². The summed E-state index contributed by atoms with van der Waals surface area (Å²) in [6, 6.07) is 10.1. The molecule has 1 unspecified atom stereocenters. The van der Waals surface area contributed by atoms with Gasteiger partial charge in [-0.2, -0.15) is 0 Å². The van der Waals surface area contributed by atoms with Crippen LogP contribution in [-0.4, -0.2) is 63.9 Å². The van der Waals surface area contributed by atoms with Crippen molar-refractivity contribution in [3.63, 3.8) is 0 Å². The van der Waals surface area contributed by atoms with E-state index in [0.717, 1.165) is 31.5 Å². The fourth-order valence-corrected chi connectivity index (χ4v) is 5.90. The first-order chi connectivity index (χ1) is 16.4. The quantitative estimate of drug-likeness (QED) is 0.572. The number of thiazole rings is 1. The summed E-state index contributed by atoms with van der Waals surface area (Å²) in [5.74, 6) is 0.262. The minimum Gasteiger partial charge on any atom is -0.349 e. The van der Waals surface area contributed by atoms with Gasteiger partial charge >= 0.3 is 0 Å². The molecule has 1 aromatic heterocycles. The molecule has 2 aliphatic rings. The summed E-state index contributed by atoms with van der Waals surface area (Å²) in [5.41, 5.74) is 10.3. The van der Waals surface area contributed by atoms with Crippen LogP contribution in [0.15, 0.2) is 41.2 Å². The van der Waals surface area contributed by atoms with E-state index in [4.69, 9.17) is 5.73 Å². The maximum Gasteiger partial charge on any atom is 0.243 e. The Kier molecular flexibility index (Phi) is 8.34. The standard InChI is InChI=1S/C26H37N5O2S/c1-18(2)12-23(25(32)28-14-21-16-34-17-29-21)30-11-10-22(9-8-19-6-4-3-5-7-19)31-15-20(27)13-24(31)26(30)33/h3-7,16-18,20,22-24H,8-15,27H2,1-2H3,(H,28,32)/t20-,22?,23-,24+/m1/s1. The number of benzene rings is 1. The van der Waals surface area contributed by atoms with Gasteiger partial charge in [0.1, 0.15) is 6.04 Å². The third kappa shape index (κ3) is 6.03. The molecule has 4 rings (SSSR count). The van der Waals surface area contributed by atoms with E-state index in [1.54, 1.807) is 5.51 Å². The summed E-state index contributed by atoms with van der Waals surface area (Å²) in [6.45, 7) is 5.93. The Hall–Kier alpha value is -2.29. The van der Waals surface area contributed by atoms with E-state index in [1.807, 2.05) is 16.3 Å². The Balaban J connectivity index is 1.50. The first-order valence-corrected chi connectivity index (χ1v) is 13.4. The zero-order chi connectivity index (χ0) is 24.1. The number of rotatable bonds is 9. The van der Waals surface area contributed by atoms with Crippen molar-refractivity contribution < 1.29 is 9.59 Å². The van der Waals surface area contributed by atoms with Gasteiger partial charge in [-0.1, -0.05) is 44.2 Å². The molecule has 2 saturated heterocycles. The number of hydrogen-bond donors (Lipinski definition) is 2. The highest BCUT2D eigenvalue weighted by Gasteiger charge is 2.45. The van der Waals surface area contributed by atoms with Crippen molar-refractivity contribution in [3.8, 4) is 0 Å². The molecule has 3 N–H and O–H groups in total. The summed E-state index contributed by atoms with van der Waals surface area (Å²) in [4.78, 5) is 35.5. The second-order valence-corrected chi connectivity index (χ2v) is 10.8.